The SMILES string of the molecule is Cc1cnc(OC2CCN([C@@H](C(=O)O)c3ccsc3)CC2)nc1. The average Bonchev–Trinajstić information content (AvgIpc) is 3.05. The first-order chi connectivity index (χ1) is 11.1. The Morgan fingerprint density at radius 1 is 1.39 bits per heavy atom. The third kappa shape index (κ3) is 3.86. The van der Waals surface area contributed by atoms with Gasteiger partial charge < -0.3 is 9.84 Å². The summed E-state index contributed by atoms with van der Waals surface area (Å²) in [6.45, 7) is 3.30. The first kappa shape index (κ1) is 15.9. The molecule has 1 N–H and O–H groups in total. The number of hydrogen-bond acceptors (Lipinski definition) is 6. The van der Waals surface area contributed by atoms with Crippen LogP contribution in [0.15, 0.2) is 29.2 Å². The molecule has 6 nitrogen and oxygen atoms in total. The quantitative estimate of drug-likeness (QED) is 0.906. The highest BCUT2D eigenvalue weighted by Gasteiger charge is 2.31. The van der Waals surface area contributed by atoms with Gasteiger partial charge in [-0.2, -0.15) is 11.3 Å². The Hall–Kier alpha value is -1.99. The van der Waals surface area contributed by atoms with Crippen LogP contribution in [0.2, 0.25) is 0 Å². The molecule has 2 aromatic rings. The van der Waals surface area contributed by atoms with Crippen LogP contribution < -0.4 is 4.74 Å². The lowest BCUT2D eigenvalue weighted by Gasteiger charge is -2.35. The number of hydrogen-bond donors (Lipinski definition) is 1. The van der Waals surface area contributed by atoms with E-state index in [1.165, 1.54) is 11.3 Å². The first-order valence-corrected chi connectivity index (χ1v) is 8.52. The highest BCUT2D eigenvalue weighted by molar-refractivity contribution is 7.08. The number of aromatic nitrogens is 2. The van der Waals surface area contributed by atoms with Gasteiger partial charge in [0.15, 0.2) is 0 Å². The number of carboxylic acids is 1. The van der Waals surface area contributed by atoms with Crippen molar-refractivity contribution in [3.8, 4) is 6.01 Å². The minimum Gasteiger partial charge on any atom is -0.480 e. The third-order valence-corrected chi connectivity index (χ3v) is 4.67. The molecule has 0 radical (unpaired) electrons. The topological polar surface area (TPSA) is 75.5 Å². The van der Waals surface area contributed by atoms with Gasteiger partial charge in [0.2, 0.25) is 0 Å². The number of aryl methyl sites for hydroxylation is 1. The molecule has 0 amide bonds. The van der Waals surface area contributed by atoms with Crippen molar-refractivity contribution in [3.63, 3.8) is 0 Å². The molecule has 0 saturated carbocycles. The number of nitrogens with zero attached hydrogens (tertiary/aromatic N) is 3. The molecule has 23 heavy (non-hydrogen) atoms. The van der Waals surface area contributed by atoms with Gasteiger partial charge in [-0.3, -0.25) is 9.69 Å². The fourth-order valence-corrected chi connectivity index (χ4v) is 3.46. The fourth-order valence-electron chi connectivity index (χ4n) is 2.78. The van der Waals surface area contributed by atoms with Gasteiger partial charge in [0.1, 0.15) is 12.1 Å². The van der Waals surface area contributed by atoms with Crippen molar-refractivity contribution < 1.29 is 14.6 Å². The lowest BCUT2D eigenvalue weighted by molar-refractivity contribution is -0.144. The maximum Gasteiger partial charge on any atom is 0.325 e. The van der Waals surface area contributed by atoms with Crippen molar-refractivity contribution in [2.45, 2.75) is 31.9 Å². The van der Waals surface area contributed by atoms with Gasteiger partial charge in [-0.15, -0.1) is 0 Å². The number of ether oxygens (including phenoxy) is 1. The molecule has 7 heteroatoms. The van der Waals surface area contributed by atoms with Gasteiger partial charge >= 0.3 is 12.0 Å². The molecule has 1 aliphatic heterocycles. The number of carbonyl (C=O) groups is 1. The standard InChI is InChI=1S/C16H19N3O3S/c1-11-8-17-16(18-9-11)22-13-2-5-19(6-3-13)14(15(20)21)12-4-7-23-10-12/h4,7-10,13-14H,2-3,5-6H2,1H3,(H,20,21)/t14-/m1/s1. The second-order valence-corrected chi connectivity index (χ2v) is 6.47. The molecule has 0 aliphatic carbocycles. The number of piperidine rings is 1. The Morgan fingerprint density at radius 2 is 2.09 bits per heavy atom. The number of likely N-dealkylation sites (tertiary alicyclic amines) is 1. The van der Waals surface area contributed by atoms with Crippen LogP contribution in [-0.2, 0) is 4.79 Å². The van der Waals surface area contributed by atoms with Crippen LogP contribution in [0.1, 0.15) is 30.0 Å². The van der Waals surface area contributed by atoms with Crippen molar-refractivity contribution in [1.29, 1.82) is 0 Å². The zero-order valence-electron chi connectivity index (χ0n) is 12.9. The molecule has 0 unspecified atom stereocenters. The van der Waals surface area contributed by atoms with Gasteiger partial charge in [-0.1, -0.05) is 0 Å². The predicted octanol–water partition coefficient (Wildman–Crippen LogP) is 2.52. The summed E-state index contributed by atoms with van der Waals surface area (Å²) < 4.78 is 5.80. The van der Waals surface area contributed by atoms with Gasteiger partial charge in [0.05, 0.1) is 0 Å². The number of aliphatic carboxylic acids is 1. The Bertz CT molecular complexity index is 637. The Morgan fingerprint density at radius 3 is 2.65 bits per heavy atom. The van der Waals surface area contributed by atoms with E-state index in [0.717, 1.165) is 24.0 Å². The lowest BCUT2D eigenvalue weighted by atomic mass is 10.0. The summed E-state index contributed by atoms with van der Waals surface area (Å²) in [6.07, 6.45) is 5.03. The third-order valence-electron chi connectivity index (χ3n) is 3.96. The number of thiophene rings is 1. The van der Waals surface area contributed by atoms with Crippen molar-refractivity contribution in [3.05, 3.63) is 40.3 Å². The largest absolute Gasteiger partial charge is 0.480 e. The van der Waals surface area contributed by atoms with Crippen LogP contribution in [0, 0.1) is 6.92 Å². The summed E-state index contributed by atoms with van der Waals surface area (Å²) in [5, 5.41) is 13.4. The van der Waals surface area contributed by atoms with Gasteiger partial charge in [0, 0.05) is 25.5 Å². The zero-order valence-corrected chi connectivity index (χ0v) is 13.7. The van der Waals surface area contributed by atoms with Crippen molar-refractivity contribution in [2.75, 3.05) is 13.1 Å². The van der Waals surface area contributed by atoms with Gasteiger partial charge in [-0.25, -0.2) is 9.97 Å². The number of carboxylic acid groups (broad SMARTS) is 1. The maximum atomic E-state index is 11.6. The smallest absolute Gasteiger partial charge is 0.325 e. The second-order valence-electron chi connectivity index (χ2n) is 5.69. The molecular weight excluding hydrogens is 314 g/mol. The van der Waals surface area contributed by atoms with Gasteiger partial charge in [0.25, 0.3) is 0 Å². The summed E-state index contributed by atoms with van der Waals surface area (Å²) >= 11 is 1.52. The minimum atomic E-state index is -0.801. The van der Waals surface area contributed by atoms with E-state index in [1.807, 2.05) is 28.7 Å². The van der Waals surface area contributed by atoms with E-state index >= 15 is 0 Å². The molecule has 2 aromatic heterocycles. The van der Waals surface area contributed by atoms with E-state index < -0.39 is 12.0 Å². The second kappa shape index (κ2) is 7.06. The van der Waals surface area contributed by atoms with Crippen LogP contribution in [-0.4, -0.2) is 45.1 Å². The van der Waals surface area contributed by atoms with Gasteiger partial charge in [-0.05, 0) is 47.7 Å². The van der Waals surface area contributed by atoms with E-state index in [4.69, 9.17) is 4.74 Å². The predicted molar refractivity (Wildman–Crippen MR) is 86.7 cm³/mol. The Labute approximate surface area is 138 Å². The Balaban J connectivity index is 1.59. The van der Waals surface area contributed by atoms with Crippen molar-refractivity contribution in [1.82, 2.24) is 14.9 Å². The van der Waals surface area contributed by atoms with Crippen LogP contribution >= 0.6 is 11.3 Å². The summed E-state index contributed by atoms with van der Waals surface area (Å²) in [5.41, 5.74) is 1.84. The molecule has 3 heterocycles. The summed E-state index contributed by atoms with van der Waals surface area (Å²) in [4.78, 5) is 21.9. The first-order valence-electron chi connectivity index (χ1n) is 7.58. The monoisotopic (exact) mass is 333 g/mol. The minimum absolute atomic E-state index is 0.0332. The fraction of sp³-hybridized carbons (Fsp3) is 0.438. The highest BCUT2D eigenvalue weighted by Crippen LogP contribution is 2.27. The highest BCUT2D eigenvalue weighted by atomic mass is 32.1. The van der Waals surface area contributed by atoms with Crippen LogP contribution in [0.4, 0.5) is 0 Å². The van der Waals surface area contributed by atoms with E-state index in [2.05, 4.69) is 9.97 Å². The van der Waals surface area contributed by atoms with Crippen molar-refractivity contribution >= 4 is 17.3 Å². The molecule has 1 fully saturated rings. The van der Waals surface area contributed by atoms with Crippen LogP contribution in [0.5, 0.6) is 6.01 Å². The molecule has 122 valence electrons. The van der Waals surface area contributed by atoms with Crippen LogP contribution in [0.25, 0.3) is 0 Å². The molecule has 3 rings (SSSR count). The maximum absolute atomic E-state index is 11.6. The molecule has 1 atom stereocenters. The van der Waals surface area contributed by atoms with E-state index in [-0.39, 0.29) is 6.10 Å². The summed E-state index contributed by atoms with van der Waals surface area (Å²) in [5.74, 6) is -0.801. The van der Waals surface area contributed by atoms with E-state index in [9.17, 15) is 9.90 Å². The average molecular weight is 333 g/mol. The lowest BCUT2D eigenvalue weighted by Crippen LogP contribution is -2.43. The molecule has 1 aliphatic rings. The summed E-state index contributed by atoms with van der Waals surface area (Å²) in [7, 11) is 0. The van der Waals surface area contributed by atoms with Crippen LogP contribution in [0.3, 0.4) is 0 Å². The molecule has 0 aromatic carbocycles. The molecule has 1 saturated heterocycles. The summed E-state index contributed by atoms with van der Waals surface area (Å²) in [6, 6.07) is 1.70. The molecular formula is C16H19N3O3S. The Kier molecular flexibility index (Phi) is 4.88. The van der Waals surface area contributed by atoms with Crippen molar-refractivity contribution in [2.24, 2.45) is 0 Å². The molecule has 0 bridgehead atoms. The molecule has 0 spiro atoms. The van der Waals surface area contributed by atoms with E-state index in [0.29, 0.717) is 19.1 Å². The normalized spacial score (nSPS) is 17.8. The van der Waals surface area contributed by atoms with E-state index in [1.54, 1.807) is 12.4 Å². The zero-order chi connectivity index (χ0) is 16.2. The number of rotatable bonds is 5.